The minimum Gasteiger partial charge on any atom is -0.462 e. The molecule has 3 saturated carbocycles. The van der Waals surface area contributed by atoms with Gasteiger partial charge in [0.25, 0.3) is 0 Å². The summed E-state index contributed by atoms with van der Waals surface area (Å²) < 4.78 is 22.7. The van der Waals surface area contributed by atoms with Crippen molar-refractivity contribution in [3.8, 4) is 0 Å². The van der Waals surface area contributed by atoms with Crippen LogP contribution in [0.1, 0.15) is 110 Å². The Labute approximate surface area is 218 Å². The van der Waals surface area contributed by atoms with E-state index in [0.717, 1.165) is 82.7 Å². The van der Waals surface area contributed by atoms with Gasteiger partial charge in [0.15, 0.2) is 0 Å². The van der Waals surface area contributed by atoms with Crippen LogP contribution in [0.2, 0.25) is 0 Å². The first-order valence-corrected chi connectivity index (χ1v) is 14.6. The minimum absolute atomic E-state index is 0.0323. The smallest absolute Gasteiger partial charge is 0.333 e. The molecule has 0 N–H and O–H groups in total. The molecule has 0 spiro atoms. The Balaban J connectivity index is 1.19. The van der Waals surface area contributed by atoms with Gasteiger partial charge in [-0.25, -0.2) is 4.79 Å². The van der Waals surface area contributed by atoms with Gasteiger partial charge in [-0.05, 0) is 115 Å². The van der Waals surface area contributed by atoms with Gasteiger partial charge < -0.3 is 18.9 Å². The number of unbranched alkanes of at least 4 members (excludes halogenated alkanes) is 3. The van der Waals surface area contributed by atoms with Gasteiger partial charge in [0.05, 0.1) is 24.7 Å². The van der Waals surface area contributed by atoms with Crippen LogP contribution in [0.4, 0.5) is 0 Å². The summed E-state index contributed by atoms with van der Waals surface area (Å²) in [6, 6.07) is 0. The number of carbonyl (C=O) groups is 2. The lowest BCUT2D eigenvalue weighted by atomic mass is 9.72. The lowest BCUT2D eigenvalue weighted by Gasteiger charge is -2.37. The molecule has 0 amide bonds. The second-order valence-electron chi connectivity index (χ2n) is 11.4. The van der Waals surface area contributed by atoms with Crippen LogP contribution in [-0.4, -0.2) is 50.6 Å². The second kappa shape index (κ2) is 15.8. The molecule has 0 bridgehead atoms. The van der Waals surface area contributed by atoms with Gasteiger partial charge in [-0.3, -0.25) is 4.79 Å². The van der Waals surface area contributed by atoms with Crippen molar-refractivity contribution in [3.05, 3.63) is 12.2 Å². The third-order valence-electron chi connectivity index (χ3n) is 8.70. The molecule has 6 nitrogen and oxygen atoms in total. The number of carbonyl (C=O) groups excluding carboxylic acids is 2. The molecule has 0 heterocycles. The van der Waals surface area contributed by atoms with Crippen molar-refractivity contribution < 1.29 is 28.5 Å². The van der Waals surface area contributed by atoms with Gasteiger partial charge in [0.1, 0.15) is 6.10 Å². The quantitative estimate of drug-likeness (QED) is 0.160. The van der Waals surface area contributed by atoms with Gasteiger partial charge in [-0.15, -0.1) is 0 Å². The van der Waals surface area contributed by atoms with Gasteiger partial charge in [0.2, 0.25) is 0 Å². The Morgan fingerprint density at radius 2 is 1.22 bits per heavy atom. The number of esters is 2. The van der Waals surface area contributed by atoms with Gasteiger partial charge in [0, 0.05) is 19.3 Å². The lowest BCUT2D eigenvalue weighted by Crippen LogP contribution is -2.33. The first-order valence-electron chi connectivity index (χ1n) is 14.6. The van der Waals surface area contributed by atoms with E-state index in [2.05, 4.69) is 6.58 Å². The standard InChI is InChI=1S/C30H50O6/c1-22(2)29(31)35-21-7-5-4-6-20-34-27-16-12-25(13-17-27)30(32)36-28-18-10-24(11-19-28)23-8-14-26(33-3)15-9-23/h23-28H,1,4-21H2,2-3H3. The van der Waals surface area contributed by atoms with E-state index in [1.165, 1.54) is 38.5 Å². The fourth-order valence-corrected chi connectivity index (χ4v) is 6.30. The van der Waals surface area contributed by atoms with Gasteiger partial charge >= 0.3 is 11.9 Å². The molecule has 3 aliphatic carbocycles. The molecular formula is C30H50O6. The highest BCUT2D eigenvalue weighted by atomic mass is 16.5. The van der Waals surface area contributed by atoms with Crippen molar-refractivity contribution in [1.29, 1.82) is 0 Å². The molecule has 0 radical (unpaired) electrons. The molecule has 0 aromatic heterocycles. The zero-order chi connectivity index (χ0) is 25.8. The molecule has 0 saturated heterocycles. The molecule has 0 atom stereocenters. The molecule has 3 rings (SSSR count). The van der Waals surface area contributed by atoms with E-state index >= 15 is 0 Å². The van der Waals surface area contributed by atoms with Crippen molar-refractivity contribution in [2.45, 2.75) is 128 Å². The molecular weight excluding hydrogens is 456 g/mol. The van der Waals surface area contributed by atoms with E-state index < -0.39 is 0 Å². The highest BCUT2D eigenvalue weighted by molar-refractivity contribution is 5.86. The molecule has 0 aliphatic heterocycles. The predicted molar refractivity (Wildman–Crippen MR) is 141 cm³/mol. The van der Waals surface area contributed by atoms with Crippen molar-refractivity contribution in [2.24, 2.45) is 17.8 Å². The van der Waals surface area contributed by atoms with Gasteiger partial charge in [-0.2, -0.15) is 0 Å². The summed E-state index contributed by atoms with van der Waals surface area (Å²) in [6.45, 7) is 6.47. The predicted octanol–water partition coefficient (Wildman–Crippen LogP) is 6.55. The summed E-state index contributed by atoms with van der Waals surface area (Å²) in [5.74, 6) is 1.43. The molecule has 0 aromatic carbocycles. The van der Waals surface area contributed by atoms with Crippen molar-refractivity contribution in [2.75, 3.05) is 20.3 Å². The summed E-state index contributed by atoms with van der Waals surface area (Å²) in [7, 11) is 1.84. The lowest BCUT2D eigenvalue weighted by molar-refractivity contribution is -0.158. The average Bonchev–Trinajstić information content (AvgIpc) is 2.90. The van der Waals surface area contributed by atoms with E-state index in [1.807, 2.05) is 7.11 Å². The van der Waals surface area contributed by atoms with E-state index in [-0.39, 0.29) is 30.1 Å². The first-order chi connectivity index (χ1) is 17.5. The molecule has 3 aliphatic rings. The topological polar surface area (TPSA) is 71.1 Å². The fraction of sp³-hybridized carbons (Fsp3) is 0.867. The number of methoxy groups -OCH3 is 1. The Bertz CT molecular complexity index is 667. The van der Waals surface area contributed by atoms with Crippen LogP contribution in [0.5, 0.6) is 0 Å². The molecule has 0 aromatic rings. The normalized spacial score (nSPS) is 30.9. The summed E-state index contributed by atoms with van der Waals surface area (Å²) in [5.41, 5.74) is 0.449. The molecule has 0 unspecified atom stereocenters. The van der Waals surface area contributed by atoms with Crippen LogP contribution in [-0.2, 0) is 28.5 Å². The summed E-state index contributed by atoms with van der Waals surface area (Å²) in [4.78, 5) is 24.1. The SMILES string of the molecule is C=C(C)C(=O)OCCCCCCOC1CCC(C(=O)OC2CCC(C3CCC(OC)CC3)CC2)CC1. The second-order valence-corrected chi connectivity index (χ2v) is 11.4. The molecule has 6 heteroatoms. The Kier molecular flexibility index (Phi) is 12.8. The maximum absolute atomic E-state index is 12.8. The van der Waals surface area contributed by atoms with Crippen LogP contribution in [0, 0.1) is 17.8 Å². The number of hydrogen-bond acceptors (Lipinski definition) is 6. The van der Waals surface area contributed by atoms with Gasteiger partial charge in [-0.1, -0.05) is 13.0 Å². The number of rotatable bonds is 13. The summed E-state index contributed by atoms with van der Waals surface area (Å²) in [5, 5.41) is 0. The third kappa shape index (κ3) is 9.81. The largest absolute Gasteiger partial charge is 0.462 e. The Morgan fingerprint density at radius 3 is 1.78 bits per heavy atom. The van der Waals surface area contributed by atoms with E-state index in [0.29, 0.717) is 18.3 Å². The molecule has 3 fully saturated rings. The van der Waals surface area contributed by atoms with Crippen LogP contribution >= 0.6 is 0 Å². The maximum Gasteiger partial charge on any atom is 0.333 e. The van der Waals surface area contributed by atoms with Crippen molar-refractivity contribution in [3.63, 3.8) is 0 Å². The maximum atomic E-state index is 12.8. The van der Waals surface area contributed by atoms with E-state index in [9.17, 15) is 9.59 Å². The third-order valence-corrected chi connectivity index (χ3v) is 8.70. The van der Waals surface area contributed by atoms with Crippen LogP contribution in [0.3, 0.4) is 0 Å². The Morgan fingerprint density at radius 1 is 0.694 bits per heavy atom. The van der Waals surface area contributed by atoms with Crippen LogP contribution in [0.15, 0.2) is 12.2 Å². The van der Waals surface area contributed by atoms with Crippen LogP contribution < -0.4 is 0 Å². The molecule has 206 valence electrons. The summed E-state index contributed by atoms with van der Waals surface area (Å²) >= 11 is 0. The minimum atomic E-state index is -0.304. The van der Waals surface area contributed by atoms with E-state index in [1.54, 1.807) is 6.92 Å². The average molecular weight is 507 g/mol. The molecule has 36 heavy (non-hydrogen) atoms. The fourth-order valence-electron chi connectivity index (χ4n) is 6.30. The van der Waals surface area contributed by atoms with Crippen molar-refractivity contribution >= 4 is 11.9 Å². The monoisotopic (exact) mass is 506 g/mol. The highest BCUT2D eigenvalue weighted by Gasteiger charge is 2.34. The zero-order valence-corrected chi connectivity index (χ0v) is 22.8. The van der Waals surface area contributed by atoms with Crippen molar-refractivity contribution in [1.82, 2.24) is 0 Å². The number of hydrogen-bond donors (Lipinski definition) is 0. The van der Waals surface area contributed by atoms with E-state index in [4.69, 9.17) is 18.9 Å². The number of ether oxygens (including phenoxy) is 4. The summed E-state index contributed by atoms with van der Waals surface area (Å²) in [6.07, 6.45) is 18.0. The first kappa shape index (κ1) is 29.2. The van der Waals surface area contributed by atoms with Crippen LogP contribution in [0.25, 0.3) is 0 Å². The Hall–Kier alpha value is -1.40. The zero-order valence-electron chi connectivity index (χ0n) is 22.8. The highest BCUT2D eigenvalue weighted by Crippen LogP contribution is 2.40.